The largest absolute Gasteiger partial charge is 0.437 e. The molecule has 6 rings (SSSR count). The van der Waals surface area contributed by atoms with Gasteiger partial charge in [-0.15, -0.1) is 0 Å². The first-order valence-corrected chi connectivity index (χ1v) is 13.1. The number of aromatic nitrogens is 2. The average Bonchev–Trinajstić information content (AvgIpc) is 3.52. The highest BCUT2D eigenvalue weighted by molar-refractivity contribution is 6.16. The molecular formula is C27H29F3N8O3. The van der Waals surface area contributed by atoms with Crippen molar-refractivity contribution >= 4 is 23.2 Å². The van der Waals surface area contributed by atoms with Gasteiger partial charge in [0.05, 0.1) is 24.5 Å². The van der Waals surface area contributed by atoms with E-state index in [2.05, 4.69) is 26.3 Å². The lowest BCUT2D eigenvalue weighted by Crippen LogP contribution is -2.42. The number of amidine groups is 1. The molecule has 3 atom stereocenters. The van der Waals surface area contributed by atoms with Gasteiger partial charge in [0.15, 0.2) is 18.2 Å². The molecule has 0 bridgehead atoms. The highest BCUT2D eigenvalue weighted by Crippen LogP contribution is 2.34. The van der Waals surface area contributed by atoms with Gasteiger partial charge in [0.2, 0.25) is 5.72 Å². The number of ether oxygens (including phenoxy) is 2. The zero-order valence-electron chi connectivity index (χ0n) is 22.1. The number of hydrogen-bond donors (Lipinski definition) is 4. The quantitative estimate of drug-likeness (QED) is 0.370. The van der Waals surface area contributed by atoms with E-state index in [1.165, 1.54) is 6.20 Å². The second-order valence-corrected chi connectivity index (χ2v) is 9.99. The van der Waals surface area contributed by atoms with Gasteiger partial charge < -0.3 is 24.8 Å². The van der Waals surface area contributed by atoms with Crippen LogP contribution in [0.25, 0.3) is 0 Å². The fourth-order valence-corrected chi connectivity index (χ4v) is 4.99. The first-order valence-electron chi connectivity index (χ1n) is 13.1. The van der Waals surface area contributed by atoms with Crippen LogP contribution in [0.3, 0.4) is 0 Å². The summed E-state index contributed by atoms with van der Waals surface area (Å²) in [7, 11) is 0. The number of nitrogens with zero attached hydrogens (tertiary/aromatic N) is 5. The van der Waals surface area contributed by atoms with Gasteiger partial charge in [-0.05, 0) is 13.0 Å². The van der Waals surface area contributed by atoms with Crippen LogP contribution < -0.4 is 21.1 Å². The van der Waals surface area contributed by atoms with E-state index in [9.17, 15) is 18.3 Å². The highest BCUT2D eigenvalue weighted by atomic mass is 19.4. The summed E-state index contributed by atoms with van der Waals surface area (Å²) in [5.41, 5.74) is 7.90. The number of benzene rings is 2. The molecule has 0 aliphatic carbocycles. The third kappa shape index (κ3) is 5.71. The van der Waals surface area contributed by atoms with E-state index in [4.69, 9.17) is 14.5 Å². The lowest BCUT2D eigenvalue weighted by atomic mass is 10.0. The van der Waals surface area contributed by atoms with Crippen molar-refractivity contribution in [1.29, 1.82) is 0 Å². The summed E-state index contributed by atoms with van der Waals surface area (Å²) in [6, 6.07) is 17.1. The Morgan fingerprint density at radius 2 is 1.83 bits per heavy atom. The van der Waals surface area contributed by atoms with Crippen LogP contribution in [0.2, 0.25) is 0 Å². The molecule has 2 aromatic carbocycles. The van der Waals surface area contributed by atoms with Crippen molar-refractivity contribution < 1.29 is 27.8 Å². The smallest absolute Gasteiger partial charge is 0.408 e. The number of alkyl halides is 3. The highest BCUT2D eigenvalue weighted by Gasteiger charge is 2.42. The molecule has 0 radical (unpaired) electrons. The molecule has 41 heavy (non-hydrogen) atoms. The number of aliphatic imine (C=N–C) groups is 2. The minimum Gasteiger partial charge on any atom is -0.437 e. The minimum atomic E-state index is -4.45. The molecule has 0 saturated carbocycles. The van der Waals surface area contributed by atoms with Crippen LogP contribution in [0.5, 0.6) is 0 Å². The van der Waals surface area contributed by atoms with Crippen LogP contribution in [0.15, 0.2) is 70.8 Å². The van der Waals surface area contributed by atoms with Gasteiger partial charge in [-0.3, -0.25) is 15.1 Å². The number of hydrazine groups is 1. The third-order valence-electron chi connectivity index (χ3n) is 6.94. The summed E-state index contributed by atoms with van der Waals surface area (Å²) < 4.78 is 52.1. The lowest BCUT2D eigenvalue weighted by molar-refractivity contribution is -0.142. The number of benzodiazepines with no additional fused rings is 1. The van der Waals surface area contributed by atoms with Gasteiger partial charge in [-0.1, -0.05) is 48.5 Å². The fourth-order valence-electron chi connectivity index (χ4n) is 4.99. The molecule has 3 aliphatic heterocycles. The van der Waals surface area contributed by atoms with Crippen molar-refractivity contribution in [1.82, 2.24) is 20.6 Å². The van der Waals surface area contributed by atoms with Crippen molar-refractivity contribution in [3.05, 3.63) is 77.5 Å². The molecule has 4 N–H and O–H groups in total. The van der Waals surface area contributed by atoms with Crippen LogP contribution in [0.1, 0.15) is 23.6 Å². The summed E-state index contributed by atoms with van der Waals surface area (Å²) in [6.45, 7) is 2.22. The van der Waals surface area contributed by atoms with Crippen molar-refractivity contribution in [2.75, 3.05) is 36.5 Å². The monoisotopic (exact) mass is 570 g/mol. The maximum Gasteiger partial charge on any atom is 0.408 e. The third-order valence-corrected chi connectivity index (χ3v) is 6.94. The number of halogens is 3. The molecule has 0 spiro atoms. The molecule has 2 saturated heterocycles. The zero-order chi connectivity index (χ0) is 28.6. The Kier molecular flexibility index (Phi) is 7.05. The maximum absolute atomic E-state index is 13.2. The topological polar surface area (TPSA) is 121 Å². The predicted octanol–water partition coefficient (Wildman–Crippen LogP) is 2.54. The number of nitrogens with one attached hydrogen (secondary N) is 3. The number of hydrogen-bond acceptors (Lipinski definition) is 9. The van der Waals surface area contributed by atoms with Crippen LogP contribution >= 0.6 is 0 Å². The molecular weight excluding hydrogens is 541 g/mol. The lowest BCUT2D eigenvalue weighted by Gasteiger charge is -2.30. The van der Waals surface area contributed by atoms with Crippen molar-refractivity contribution in [3.63, 3.8) is 0 Å². The van der Waals surface area contributed by atoms with Gasteiger partial charge in [0.25, 0.3) is 0 Å². The van der Waals surface area contributed by atoms with Crippen LogP contribution in [-0.2, 0) is 21.7 Å². The van der Waals surface area contributed by atoms with Crippen LogP contribution in [-0.4, -0.2) is 71.5 Å². The van der Waals surface area contributed by atoms with E-state index in [-0.39, 0.29) is 6.02 Å². The fraction of sp³-hybridized carbons (Fsp3) is 0.370. The van der Waals surface area contributed by atoms with Crippen LogP contribution in [0.4, 0.5) is 24.7 Å². The second kappa shape index (κ2) is 10.7. The molecule has 3 aliphatic rings. The number of aliphatic hydroxyl groups excluding tert-OH is 1. The summed E-state index contributed by atoms with van der Waals surface area (Å²) in [4.78, 5) is 11.2. The molecule has 216 valence electrons. The summed E-state index contributed by atoms with van der Waals surface area (Å²) in [5, 5.41) is 18.3. The first-order chi connectivity index (χ1) is 19.7. The van der Waals surface area contributed by atoms with E-state index in [0.717, 1.165) is 15.8 Å². The molecule has 2 fully saturated rings. The minimum absolute atomic E-state index is 0.0111. The molecule has 14 heteroatoms. The van der Waals surface area contributed by atoms with Gasteiger partial charge in [-0.2, -0.15) is 23.7 Å². The van der Waals surface area contributed by atoms with Crippen molar-refractivity contribution in [2.24, 2.45) is 9.98 Å². The van der Waals surface area contributed by atoms with E-state index in [1.54, 1.807) is 6.92 Å². The summed E-state index contributed by atoms with van der Waals surface area (Å²) in [6.07, 6.45) is -5.34. The Bertz CT molecular complexity index is 1460. The van der Waals surface area contributed by atoms with E-state index in [0.29, 0.717) is 49.1 Å². The first kappa shape index (κ1) is 27.1. The summed E-state index contributed by atoms with van der Waals surface area (Å²) in [5.74, 6) is 0.353. The second-order valence-electron chi connectivity index (χ2n) is 9.99. The van der Waals surface area contributed by atoms with E-state index >= 15 is 0 Å². The Labute approximate surface area is 233 Å². The standard InChI is InChI=1S/C27H29F3N8O3/c1-26(19-15-38(16-27(28,29)30)35-23(19)37-11-13-40-14-12-37)36-34-25(41-26)33-22-24(39)31-20-10-6-5-9-18(20)21(32-22)17-7-3-2-4-8-17/h2-10,15,22,24,31,36,39H,11-14,16H2,1H3,(H,33,34)/t22-,24?,26?/m1/s1. The number of aliphatic hydroxyl groups is 1. The predicted molar refractivity (Wildman–Crippen MR) is 145 cm³/mol. The van der Waals surface area contributed by atoms with Gasteiger partial charge in [0.1, 0.15) is 6.54 Å². The van der Waals surface area contributed by atoms with Gasteiger partial charge >= 0.3 is 12.2 Å². The number of morpholine rings is 1. The number of anilines is 2. The zero-order valence-corrected chi connectivity index (χ0v) is 22.1. The molecule has 11 nitrogen and oxygen atoms in total. The van der Waals surface area contributed by atoms with Gasteiger partial charge in [0, 0.05) is 36.1 Å². The Hall–Kier alpha value is -4.14. The van der Waals surface area contributed by atoms with E-state index < -0.39 is 30.8 Å². The van der Waals surface area contributed by atoms with Crippen molar-refractivity contribution in [3.8, 4) is 0 Å². The average molecular weight is 571 g/mol. The molecule has 4 heterocycles. The summed E-state index contributed by atoms with van der Waals surface area (Å²) >= 11 is 0. The van der Waals surface area contributed by atoms with E-state index in [1.807, 2.05) is 59.5 Å². The molecule has 1 aromatic heterocycles. The van der Waals surface area contributed by atoms with Gasteiger partial charge in [-0.25, -0.2) is 4.99 Å². The number of para-hydroxylation sites is 1. The molecule has 2 unspecified atom stereocenters. The number of rotatable bonds is 5. The molecule has 3 aromatic rings. The van der Waals surface area contributed by atoms with Crippen LogP contribution in [0, 0.1) is 0 Å². The normalized spacial score (nSPS) is 25.5. The Morgan fingerprint density at radius 3 is 2.59 bits per heavy atom. The maximum atomic E-state index is 13.2. The Balaban J connectivity index is 1.32. The Morgan fingerprint density at radius 1 is 1.10 bits per heavy atom. The number of fused-ring (bicyclic) bond motifs is 1. The SMILES string of the molecule is CC1(c2cn(CC(F)(F)F)nc2N2CCOCC2)NNC(=N[C@H]2N=C(c3ccccc3)c3ccccc3NC2O)O1. The molecule has 0 amide bonds. The van der Waals surface area contributed by atoms with Crippen molar-refractivity contribution in [2.45, 2.75) is 37.8 Å².